The number of methoxy groups -OCH3 is 1. The zero-order valence-corrected chi connectivity index (χ0v) is 14.3. The van der Waals surface area contributed by atoms with E-state index in [0.29, 0.717) is 29.5 Å². The van der Waals surface area contributed by atoms with Gasteiger partial charge in [-0.25, -0.2) is 0 Å². The maximum atomic E-state index is 5.53. The molecule has 2 fully saturated rings. The summed E-state index contributed by atoms with van der Waals surface area (Å²) in [6.45, 7) is 14.9. The highest BCUT2D eigenvalue weighted by atomic mass is 16.5. The van der Waals surface area contributed by atoms with E-state index in [-0.39, 0.29) is 0 Å². The van der Waals surface area contributed by atoms with Crippen LogP contribution >= 0.6 is 0 Å². The predicted octanol–water partition coefficient (Wildman–Crippen LogP) is 2.76. The minimum Gasteiger partial charge on any atom is -0.383 e. The van der Waals surface area contributed by atoms with Crippen molar-refractivity contribution in [1.82, 2.24) is 10.2 Å². The maximum Gasteiger partial charge on any atom is 0.0620 e. The molecule has 1 aliphatic heterocycles. The summed E-state index contributed by atoms with van der Waals surface area (Å²) in [5.74, 6) is 2.20. The van der Waals surface area contributed by atoms with Gasteiger partial charge >= 0.3 is 0 Å². The van der Waals surface area contributed by atoms with Crippen LogP contribution in [0.5, 0.6) is 0 Å². The van der Waals surface area contributed by atoms with E-state index in [9.17, 15) is 0 Å². The molecule has 1 saturated carbocycles. The molecule has 3 atom stereocenters. The van der Waals surface area contributed by atoms with Crippen LogP contribution in [-0.2, 0) is 4.74 Å². The van der Waals surface area contributed by atoms with Crippen molar-refractivity contribution in [3.05, 3.63) is 0 Å². The Morgan fingerprint density at radius 1 is 1.25 bits per heavy atom. The molecule has 0 aromatic heterocycles. The summed E-state index contributed by atoms with van der Waals surface area (Å²) in [6, 6.07) is 1.16. The number of rotatable bonds is 6. The van der Waals surface area contributed by atoms with Crippen LogP contribution in [0, 0.1) is 17.8 Å². The topological polar surface area (TPSA) is 24.5 Å². The highest BCUT2D eigenvalue weighted by molar-refractivity contribution is 5.05. The van der Waals surface area contributed by atoms with Crippen LogP contribution in [0.1, 0.15) is 47.5 Å². The van der Waals surface area contributed by atoms with Gasteiger partial charge in [-0.15, -0.1) is 0 Å². The Hall–Kier alpha value is -0.120. The normalized spacial score (nSPS) is 33.9. The summed E-state index contributed by atoms with van der Waals surface area (Å²) in [6.07, 6.45) is 2.81. The first-order chi connectivity index (χ1) is 9.39. The Bertz CT molecular complexity index is 314. The summed E-state index contributed by atoms with van der Waals surface area (Å²) in [5.41, 5.74) is 0.312. The standard InChI is InChI=1S/C17H34N2O/c1-12(2)15-9-18-17(5,14-7-8-14)11-19(15)16(10-20-6)13(3)4/h12-16,18H,7-11H2,1-6H3. The van der Waals surface area contributed by atoms with Crippen molar-refractivity contribution in [3.8, 4) is 0 Å². The molecule has 1 saturated heterocycles. The van der Waals surface area contributed by atoms with Crippen molar-refractivity contribution >= 4 is 0 Å². The predicted molar refractivity (Wildman–Crippen MR) is 85.0 cm³/mol. The fraction of sp³-hybridized carbons (Fsp3) is 1.00. The van der Waals surface area contributed by atoms with Gasteiger partial charge in [0.05, 0.1) is 6.61 Å². The zero-order valence-electron chi connectivity index (χ0n) is 14.3. The second-order valence-electron chi connectivity index (χ2n) is 7.82. The third kappa shape index (κ3) is 3.37. The Labute approximate surface area is 125 Å². The first-order valence-electron chi connectivity index (χ1n) is 8.38. The van der Waals surface area contributed by atoms with Crippen LogP contribution in [0.3, 0.4) is 0 Å². The number of hydrogen-bond donors (Lipinski definition) is 1. The summed E-state index contributed by atoms with van der Waals surface area (Å²) in [4.78, 5) is 2.76. The number of nitrogens with zero attached hydrogens (tertiary/aromatic N) is 1. The number of ether oxygens (including phenoxy) is 1. The van der Waals surface area contributed by atoms with Crippen molar-refractivity contribution in [1.29, 1.82) is 0 Å². The van der Waals surface area contributed by atoms with Gasteiger partial charge < -0.3 is 10.1 Å². The van der Waals surface area contributed by atoms with Crippen molar-refractivity contribution in [2.45, 2.75) is 65.1 Å². The highest BCUT2D eigenvalue weighted by Gasteiger charge is 2.48. The fourth-order valence-corrected chi connectivity index (χ4v) is 3.83. The van der Waals surface area contributed by atoms with Crippen LogP contribution in [0.2, 0.25) is 0 Å². The molecule has 0 aromatic rings. The molecule has 118 valence electrons. The maximum absolute atomic E-state index is 5.53. The molecule has 0 bridgehead atoms. The molecule has 0 aromatic carbocycles. The molecule has 3 nitrogen and oxygen atoms in total. The third-order valence-corrected chi connectivity index (χ3v) is 5.43. The average molecular weight is 282 g/mol. The Balaban J connectivity index is 2.16. The minimum atomic E-state index is 0.312. The van der Waals surface area contributed by atoms with Gasteiger partial charge in [0.15, 0.2) is 0 Å². The molecule has 2 rings (SSSR count). The smallest absolute Gasteiger partial charge is 0.0620 e. The van der Waals surface area contributed by atoms with Gasteiger partial charge in [0, 0.05) is 37.8 Å². The van der Waals surface area contributed by atoms with Gasteiger partial charge in [0.25, 0.3) is 0 Å². The second-order valence-corrected chi connectivity index (χ2v) is 7.82. The second kappa shape index (κ2) is 6.33. The number of hydrogen-bond acceptors (Lipinski definition) is 3. The van der Waals surface area contributed by atoms with Crippen LogP contribution in [0.15, 0.2) is 0 Å². The molecule has 1 heterocycles. The first kappa shape index (κ1) is 16.3. The summed E-state index contributed by atoms with van der Waals surface area (Å²) >= 11 is 0. The van der Waals surface area contributed by atoms with Gasteiger partial charge in [0.1, 0.15) is 0 Å². The quantitative estimate of drug-likeness (QED) is 0.811. The molecule has 0 amide bonds. The summed E-state index contributed by atoms with van der Waals surface area (Å²) in [7, 11) is 1.84. The van der Waals surface area contributed by atoms with Crippen LogP contribution in [0.25, 0.3) is 0 Å². The van der Waals surface area contributed by atoms with Gasteiger partial charge in [-0.1, -0.05) is 27.7 Å². The molecular weight excluding hydrogens is 248 g/mol. The van der Waals surface area contributed by atoms with E-state index in [1.165, 1.54) is 19.4 Å². The Morgan fingerprint density at radius 2 is 1.90 bits per heavy atom. The van der Waals surface area contributed by atoms with Gasteiger partial charge in [0.2, 0.25) is 0 Å². The van der Waals surface area contributed by atoms with Crippen molar-refractivity contribution in [2.24, 2.45) is 17.8 Å². The zero-order chi connectivity index (χ0) is 14.9. The van der Waals surface area contributed by atoms with E-state index >= 15 is 0 Å². The van der Waals surface area contributed by atoms with E-state index in [1.54, 1.807) is 0 Å². The van der Waals surface area contributed by atoms with E-state index in [1.807, 2.05) is 7.11 Å². The van der Waals surface area contributed by atoms with E-state index in [4.69, 9.17) is 4.74 Å². The molecular formula is C17H34N2O. The van der Waals surface area contributed by atoms with Gasteiger partial charge in [-0.3, -0.25) is 4.90 Å². The van der Waals surface area contributed by atoms with E-state index in [2.05, 4.69) is 44.8 Å². The van der Waals surface area contributed by atoms with Crippen molar-refractivity contribution in [3.63, 3.8) is 0 Å². The lowest BCUT2D eigenvalue weighted by Crippen LogP contribution is -2.68. The lowest BCUT2D eigenvalue weighted by atomic mass is 9.85. The molecule has 0 radical (unpaired) electrons. The van der Waals surface area contributed by atoms with Crippen LogP contribution < -0.4 is 5.32 Å². The van der Waals surface area contributed by atoms with Crippen molar-refractivity contribution < 1.29 is 4.74 Å². The SMILES string of the molecule is COCC(C(C)C)N1CC(C)(C2CC2)NCC1C(C)C. The molecule has 3 unspecified atom stereocenters. The van der Waals surface area contributed by atoms with E-state index < -0.39 is 0 Å². The molecule has 0 spiro atoms. The lowest BCUT2D eigenvalue weighted by Gasteiger charge is -2.52. The highest BCUT2D eigenvalue weighted by Crippen LogP contribution is 2.42. The monoisotopic (exact) mass is 282 g/mol. The number of piperazine rings is 1. The lowest BCUT2D eigenvalue weighted by molar-refractivity contribution is -0.0252. The van der Waals surface area contributed by atoms with Crippen molar-refractivity contribution in [2.75, 3.05) is 26.8 Å². The number of nitrogens with one attached hydrogen (secondary N) is 1. The summed E-state index contributed by atoms with van der Waals surface area (Å²) in [5, 5.41) is 3.87. The largest absolute Gasteiger partial charge is 0.383 e. The molecule has 3 heteroatoms. The average Bonchev–Trinajstić information content (AvgIpc) is 3.19. The molecule has 1 aliphatic carbocycles. The molecule has 20 heavy (non-hydrogen) atoms. The first-order valence-corrected chi connectivity index (χ1v) is 8.38. The fourth-order valence-electron chi connectivity index (χ4n) is 3.83. The summed E-state index contributed by atoms with van der Waals surface area (Å²) < 4.78 is 5.53. The van der Waals surface area contributed by atoms with E-state index in [0.717, 1.165) is 19.1 Å². The molecule has 2 aliphatic rings. The Morgan fingerprint density at radius 3 is 2.35 bits per heavy atom. The Kier molecular flexibility index (Phi) is 5.14. The molecule has 1 N–H and O–H groups in total. The van der Waals surface area contributed by atoms with Gasteiger partial charge in [-0.05, 0) is 37.5 Å². The third-order valence-electron chi connectivity index (χ3n) is 5.43. The minimum absolute atomic E-state index is 0.312. The van der Waals surface area contributed by atoms with Crippen LogP contribution in [-0.4, -0.2) is 49.3 Å². The van der Waals surface area contributed by atoms with Crippen LogP contribution in [0.4, 0.5) is 0 Å². The van der Waals surface area contributed by atoms with Gasteiger partial charge in [-0.2, -0.15) is 0 Å².